The van der Waals surface area contributed by atoms with Crippen LogP contribution in [-0.2, 0) is 16.1 Å². The van der Waals surface area contributed by atoms with Crippen LogP contribution in [0.5, 0.6) is 0 Å². The molecule has 1 aromatic rings. The number of rotatable bonds is 8. The van der Waals surface area contributed by atoms with E-state index in [1.54, 1.807) is 0 Å². The van der Waals surface area contributed by atoms with Gasteiger partial charge in [0.05, 0.1) is 19.6 Å². The van der Waals surface area contributed by atoms with Crippen LogP contribution >= 0.6 is 0 Å². The molecule has 2 rings (SSSR count). The average Bonchev–Trinajstić information content (AvgIpc) is 2.58. The van der Waals surface area contributed by atoms with Gasteiger partial charge in [-0.25, -0.2) is 0 Å². The second-order valence-electron chi connectivity index (χ2n) is 6.00. The van der Waals surface area contributed by atoms with E-state index in [1.807, 2.05) is 42.3 Å². The summed E-state index contributed by atoms with van der Waals surface area (Å²) in [6.07, 6.45) is 3.99. The summed E-state index contributed by atoms with van der Waals surface area (Å²) < 4.78 is 5.60. The predicted octanol–water partition coefficient (Wildman–Crippen LogP) is 2.44. The van der Waals surface area contributed by atoms with Gasteiger partial charge in [-0.05, 0) is 44.3 Å². The molecule has 1 heterocycles. The molecule has 1 aliphatic rings. The molecule has 1 amide bonds. The van der Waals surface area contributed by atoms with Crippen LogP contribution in [0.1, 0.15) is 31.2 Å². The summed E-state index contributed by atoms with van der Waals surface area (Å²) in [6, 6.07) is 10.1. The van der Waals surface area contributed by atoms with Gasteiger partial charge >= 0.3 is 0 Å². The Labute approximate surface area is 133 Å². The molecule has 1 aliphatic heterocycles. The molecule has 0 bridgehead atoms. The highest BCUT2D eigenvalue weighted by Gasteiger charge is 2.21. The zero-order valence-electron chi connectivity index (χ0n) is 13.6. The van der Waals surface area contributed by atoms with Crippen LogP contribution in [0.15, 0.2) is 30.3 Å². The average molecular weight is 304 g/mol. The van der Waals surface area contributed by atoms with E-state index < -0.39 is 0 Å². The smallest absolute Gasteiger partial charge is 0.224 e. The second-order valence-corrected chi connectivity index (χ2v) is 6.00. The number of benzene rings is 1. The standard InChI is InChI=1S/C18H28N2O2/c1-19-11-7-16-8-12-20(13-9-16)18(21)10-14-22-15-17-5-3-2-4-6-17/h2-6,16,19H,7-15H2,1H3. The highest BCUT2D eigenvalue weighted by atomic mass is 16.5. The van der Waals surface area contributed by atoms with Gasteiger partial charge in [-0.3, -0.25) is 4.79 Å². The van der Waals surface area contributed by atoms with Crippen molar-refractivity contribution in [1.82, 2.24) is 10.2 Å². The first-order valence-corrected chi connectivity index (χ1v) is 8.33. The lowest BCUT2D eigenvalue weighted by atomic mass is 9.93. The van der Waals surface area contributed by atoms with Crippen molar-refractivity contribution in [3.8, 4) is 0 Å². The fraction of sp³-hybridized carbons (Fsp3) is 0.611. The Morgan fingerprint density at radius 2 is 2.00 bits per heavy atom. The minimum atomic E-state index is 0.236. The zero-order chi connectivity index (χ0) is 15.6. The van der Waals surface area contributed by atoms with Gasteiger partial charge in [0.15, 0.2) is 0 Å². The molecule has 0 unspecified atom stereocenters. The third-order valence-electron chi connectivity index (χ3n) is 4.34. The first-order chi connectivity index (χ1) is 10.8. The first kappa shape index (κ1) is 17.0. The van der Waals surface area contributed by atoms with E-state index in [0.29, 0.717) is 19.6 Å². The van der Waals surface area contributed by atoms with Crippen molar-refractivity contribution < 1.29 is 9.53 Å². The Morgan fingerprint density at radius 3 is 2.68 bits per heavy atom. The third kappa shape index (κ3) is 5.78. The molecule has 0 saturated carbocycles. The Morgan fingerprint density at radius 1 is 1.27 bits per heavy atom. The zero-order valence-corrected chi connectivity index (χ0v) is 13.6. The Hall–Kier alpha value is -1.39. The molecular weight excluding hydrogens is 276 g/mol. The molecular formula is C18H28N2O2. The Kier molecular flexibility index (Phi) is 7.40. The van der Waals surface area contributed by atoms with E-state index in [0.717, 1.165) is 44.0 Å². The van der Waals surface area contributed by atoms with Crippen molar-refractivity contribution in [3.05, 3.63) is 35.9 Å². The van der Waals surface area contributed by atoms with Crippen LogP contribution in [0.25, 0.3) is 0 Å². The van der Waals surface area contributed by atoms with Crippen LogP contribution in [0, 0.1) is 5.92 Å². The van der Waals surface area contributed by atoms with Gasteiger partial charge in [0.2, 0.25) is 5.91 Å². The van der Waals surface area contributed by atoms with E-state index in [2.05, 4.69) is 5.32 Å². The number of nitrogens with one attached hydrogen (secondary N) is 1. The molecule has 4 heteroatoms. The molecule has 1 N–H and O–H groups in total. The lowest BCUT2D eigenvalue weighted by Crippen LogP contribution is -2.39. The Balaban J connectivity index is 1.58. The lowest BCUT2D eigenvalue weighted by Gasteiger charge is -2.32. The van der Waals surface area contributed by atoms with Crippen molar-refractivity contribution >= 4 is 5.91 Å². The molecule has 4 nitrogen and oxygen atoms in total. The fourth-order valence-corrected chi connectivity index (χ4v) is 2.90. The van der Waals surface area contributed by atoms with Crippen LogP contribution < -0.4 is 5.32 Å². The van der Waals surface area contributed by atoms with Crippen LogP contribution in [0.3, 0.4) is 0 Å². The molecule has 1 saturated heterocycles. The second kappa shape index (κ2) is 9.59. The minimum absolute atomic E-state index is 0.236. The number of hydrogen-bond acceptors (Lipinski definition) is 3. The lowest BCUT2D eigenvalue weighted by molar-refractivity contribution is -0.133. The van der Waals surface area contributed by atoms with Crippen molar-refractivity contribution in [2.45, 2.75) is 32.3 Å². The normalized spacial score (nSPS) is 16.0. The van der Waals surface area contributed by atoms with Crippen molar-refractivity contribution in [2.75, 3.05) is 33.3 Å². The topological polar surface area (TPSA) is 41.6 Å². The van der Waals surface area contributed by atoms with E-state index in [-0.39, 0.29) is 5.91 Å². The number of hydrogen-bond donors (Lipinski definition) is 1. The summed E-state index contributed by atoms with van der Waals surface area (Å²) in [5.41, 5.74) is 1.15. The maximum Gasteiger partial charge on any atom is 0.224 e. The molecule has 122 valence electrons. The summed E-state index contributed by atoms with van der Waals surface area (Å²) in [5, 5.41) is 3.20. The molecule has 0 aliphatic carbocycles. The van der Waals surface area contributed by atoms with Gasteiger partial charge in [-0.2, -0.15) is 0 Å². The van der Waals surface area contributed by atoms with Gasteiger partial charge in [0.1, 0.15) is 0 Å². The summed E-state index contributed by atoms with van der Waals surface area (Å²) in [5.74, 6) is 1.01. The van der Waals surface area contributed by atoms with E-state index in [4.69, 9.17) is 4.74 Å². The number of likely N-dealkylation sites (tertiary alicyclic amines) is 1. The first-order valence-electron chi connectivity index (χ1n) is 8.33. The predicted molar refractivity (Wildman–Crippen MR) is 88.6 cm³/mol. The van der Waals surface area contributed by atoms with Gasteiger partial charge in [0.25, 0.3) is 0 Å². The van der Waals surface area contributed by atoms with Crippen molar-refractivity contribution in [3.63, 3.8) is 0 Å². The molecule has 0 atom stereocenters. The van der Waals surface area contributed by atoms with Gasteiger partial charge in [-0.15, -0.1) is 0 Å². The Bertz CT molecular complexity index is 428. The van der Waals surface area contributed by atoms with Crippen LogP contribution in [0.4, 0.5) is 0 Å². The summed E-state index contributed by atoms with van der Waals surface area (Å²) in [6.45, 7) is 3.98. The van der Waals surface area contributed by atoms with E-state index in [9.17, 15) is 4.79 Å². The number of amides is 1. The molecule has 0 spiro atoms. The molecule has 1 fully saturated rings. The van der Waals surface area contributed by atoms with Crippen LogP contribution in [0.2, 0.25) is 0 Å². The fourth-order valence-electron chi connectivity index (χ4n) is 2.90. The minimum Gasteiger partial charge on any atom is -0.376 e. The highest BCUT2D eigenvalue weighted by Crippen LogP contribution is 2.20. The number of carbonyl (C=O) groups is 1. The third-order valence-corrected chi connectivity index (χ3v) is 4.34. The van der Waals surface area contributed by atoms with E-state index >= 15 is 0 Å². The van der Waals surface area contributed by atoms with Crippen molar-refractivity contribution in [2.24, 2.45) is 5.92 Å². The maximum atomic E-state index is 12.2. The van der Waals surface area contributed by atoms with Crippen LogP contribution in [-0.4, -0.2) is 44.1 Å². The molecule has 0 radical (unpaired) electrons. The highest BCUT2D eigenvalue weighted by molar-refractivity contribution is 5.76. The SMILES string of the molecule is CNCCC1CCN(C(=O)CCOCc2ccccc2)CC1. The monoisotopic (exact) mass is 304 g/mol. The van der Waals surface area contributed by atoms with Crippen molar-refractivity contribution in [1.29, 1.82) is 0 Å². The number of piperidine rings is 1. The molecule has 0 aromatic heterocycles. The summed E-state index contributed by atoms with van der Waals surface area (Å²) in [4.78, 5) is 14.2. The van der Waals surface area contributed by atoms with Gasteiger partial charge in [-0.1, -0.05) is 30.3 Å². The summed E-state index contributed by atoms with van der Waals surface area (Å²) in [7, 11) is 1.99. The quantitative estimate of drug-likeness (QED) is 0.750. The molecule has 1 aromatic carbocycles. The van der Waals surface area contributed by atoms with E-state index in [1.165, 1.54) is 6.42 Å². The number of nitrogens with zero attached hydrogens (tertiary/aromatic N) is 1. The summed E-state index contributed by atoms with van der Waals surface area (Å²) >= 11 is 0. The number of ether oxygens (including phenoxy) is 1. The molecule has 22 heavy (non-hydrogen) atoms. The number of carbonyl (C=O) groups excluding carboxylic acids is 1. The largest absolute Gasteiger partial charge is 0.376 e. The maximum absolute atomic E-state index is 12.2. The van der Waals surface area contributed by atoms with Gasteiger partial charge < -0.3 is 15.0 Å². The van der Waals surface area contributed by atoms with Gasteiger partial charge in [0, 0.05) is 13.1 Å².